The van der Waals surface area contributed by atoms with E-state index in [1.165, 1.54) is 0 Å². The van der Waals surface area contributed by atoms with Crippen molar-refractivity contribution in [2.75, 3.05) is 6.54 Å². The summed E-state index contributed by atoms with van der Waals surface area (Å²) in [5, 5.41) is 7.49. The lowest BCUT2D eigenvalue weighted by Crippen LogP contribution is -2.49. The molecule has 5 heteroatoms. The van der Waals surface area contributed by atoms with Gasteiger partial charge in [0.2, 0.25) is 5.91 Å². The van der Waals surface area contributed by atoms with Gasteiger partial charge in [-0.2, -0.15) is 5.10 Å². The van der Waals surface area contributed by atoms with E-state index < -0.39 is 0 Å². The van der Waals surface area contributed by atoms with Crippen LogP contribution >= 0.6 is 0 Å². The zero-order chi connectivity index (χ0) is 15.5. The average Bonchev–Trinajstić information content (AvgIpc) is 2.55. The van der Waals surface area contributed by atoms with Crippen LogP contribution in [0.5, 0.6) is 0 Å². The van der Waals surface area contributed by atoms with Gasteiger partial charge >= 0.3 is 0 Å². The van der Waals surface area contributed by atoms with Crippen molar-refractivity contribution in [1.29, 1.82) is 0 Å². The summed E-state index contributed by atoms with van der Waals surface area (Å²) < 4.78 is 2.00. The molecular weight excluding hydrogens is 252 g/mol. The Hall–Kier alpha value is -1.36. The van der Waals surface area contributed by atoms with Gasteiger partial charge in [-0.25, -0.2) is 0 Å². The van der Waals surface area contributed by atoms with Gasteiger partial charge in [-0.05, 0) is 33.6 Å². The van der Waals surface area contributed by atoms with Gasteiger partial charge in [0.25, 0.3) is 0 Å². The van der Waals surface area contributed by atoms with Gasteiger partial charge in [-0.15, -0.1) is 0 Å². The lowest BCUT2D eigenvalue weighted by atomic mass is 10.0. The van der Waals surface area contributed by atoms with Gasteiger partial charge in [0.15, 0.2) is 0 Å². The SMILES string of the molecule is Cc1nn(CC(C)C)c(C)c1CC(=O)NC(C)(C)CN. The molecular formula is C15H28N4O. The molecule has 0 aliphatic rings. The minimum absolute atomic E-state index is 0.00394. The molecule has 0 fully saturated rings. The van der Waals surface area contributed by atoms with E-state index in [0.717, 1.165) is 23.5 Å². The molecule has 20 heavy (non-hydrogen) atoms. The Balaban J connectivity index is 2.83. The monoisotopic (exact) mass is 280 g/mol. The smallest absolute Gasteiger partial charge is 0.225 e. The number of carbonyl (C=O) groups excluding carboxylic acids is 1. The van der Waals surface area contributed by atoms with Gasteiger partial charge in [-0.1, -0.05) is 13.8 Å². The second kappa shape index (κ2) is 6.39. The van der Waals surface area contributed by atoms with E-state index in [4.69, 9.17) is 5.73 Å². The third-order valence-electron chi connectivity index (χ3n) is 3.39. The quantitative estimate of drug-likeness (QED) is 0.830. The molecule has 5 nitrogen and oxygen atoms in total. The number of nitrogens with zero attached hydrogens (tertiary/aromatic N) is 2. The summed E-state index contributed by atoms with van der Waals surface area (Å²) >= 11 is 0. The van der Waals surface area contributed by atoms with Crippen LogP contribution in [0.15, 0.2) is 0 Å². The van der Waals surface area contributed by atoms with E-state index in [-0.39, 0.29) is 11.4 Å². The number of hydrogen-bond acceptors (Lipinski definition) is 3. The zero-order valence-electron chi connectivity index (χ0n) is 13.6. The van der Waals surface area contributed by atoms with Crippen LogP contribution in [0.2, 0.25) is 0 Å². The highest BCUT2D eigenvalue weighted by molar-refractivity contribution is 5.79. The molecule has 0 saturated heterocycles. The van der Waals surface area contributed by atoms with Crippen molar-refractivity contribution in [2.45, 2.75) is 60.0 Å². The molecule has 1 aromatic rings. The molecule has 0 unspecified atom stereocenters. The maximum absolute atomic E-state index is 12.1. The number of nitrogens with two attached hydrogens (primary N) is 1. The second-order valence-electron chi connectivity index (χ2n) is 6.54. The molecule has 3 N–H and O–H groups in total. The zero-order valence-corrected chi connectivity index (χ0v) is 13.6. The van der Waals surface area contributed by atoms with Crippen molar-refractivity contribution in [3.05, 3.63) is 17.0 Å². The Kier molecular flexibility index (Phi) is 5.34. The molecule has 0 saturated carbocycles. The Bertz CT molecular complexity index is 474. The second-order valence-corrected chi connectivity index (χ2v) is 6.54. The van der Waals surface area contributed by atoms with Crippen molar-refractivity contribution in [1.82, 2.24) is 15.1 Å². The highest BCUT2D eigenvalue weighted by atomic mass is 16.1. The van der Waals surface area contributed by atoms with Gasteiger partial charge in [0.05, 0.1) is 12.1 Å². The van der Waals surface area contributed by atoms with Crippen LogP contribution in [-0.2, 0) is 17.8 Å². The van der Waals surface area contributed by atoms with Crippen molar-refractivity contribution < 1.29 is 4.79 Å². The molecule has 0 aliphatic heterocycles. The maximum Gasteiger partial charge on any atom is 0.225 e. The fourth-order valence-electron chi connectivity index (χ4n) is 2.15. The number of aryl methyl sites for hydroxylation is 1. The molecule has 0 radical (unpaired) electrons. The van der Waals surface area contributed by atoms with Gasteiger partial charge in [0.1, 0.15) is 0 Å². The summed E-state index contributed by atoms with van der Waals surface area (Å²) in [4.78, 5) is 12.1. The minimum Gasteiger partial charge on any atom is -0.350 e. The molecule has 1 amide bonds. The van der Waals surface area contributed by atoms with Crippen LogP contribution in [0.1, 0.15) is 44.6 Å². The standard InChI is InChI=1S/C15H28N4O/c1-10(2)8-19-12(4)13(11(3)18-19)7-14(20)17-15(5,6)9-16/h10H,7-9,16H2,1-6H3,(H,17,20). The Morgan fingerprint density at radius 3 is 2.50 bits per heavy atom. The first kappa shape index (κ1) is 16.7. The largest absolute Gasteiger partial charge is 0.350 e. The Morgan fingerprint density at radius 1 is 1.40 bits per heavy atom. The van der Waals surface area contributed by atoms with Crippen LogP contribution in [0.4, 0.5) is 0 Å². The number of aromatic nitrogens is 2. The van der Waals surface area contributed by atoms with Crippen molar-refractivity contribution in [3.8, 4) is 0 Å². The fourth-order valence-corrected chi connectivity index (χ4v) is 2.15. The van der Waals surface area contributed by atoms with Crippen molar-refractivity contribution >= 4 is 5.91 Å². The number of amides is 1. The molecule has 0 aromatic carbocycles. The first-order valence-corrected chi connectivity index (χ1v) is 7.20. The number of nitrogens with one attached hydrogen (secondary N) is 1. The summed E-state index contributed by atoms with van der Waals surface area (Å²) in [6.45, 7) is 13.4. The third-order valence-corrected chi connectivity index (χ3v) is 3.39. The predicted octanol–water partition coefficient (Wildman–Crippen LogP) is 1.55. The van der Waals surface area contributed by atoms with Crippen LogP contribution in [-0.4, -0.2) is 27.8 Å². The Morgan fingerprint density at radius 2 is 2.00 bits per heavy atom. The molecule has 0 atom stereocenters. The summed E-state index contributed by atoms with van der Waals surface area (Å²) in [6.07, 6.45) is 0.360. The van der Waals surface area contributed by atoms with E-state index in [1.807, 2.05) is 32.4 Å². The topological polar surface area (TPSA) is 72.9 Å². The van der Waals surface area contributed by atoms with Crippen molar-refractivity contribution in [3.63, 3.8) is 0 Å². The fraction of sp³-hybridized carbons (Fsp3) is 0.733. The first-order valence-electron chi connectivity index (χ1n) is 7.20. The van der Waals surface area contributed by atoms with E-state index >= 15 is 0 Å². The molecule has 114 valence electrons. The van der Waals surface area contributed by atoms with Gasteiger partial charge < -0.3 is 11.1 Å². The summed E-state index contributed by atoms with van der Waals surface area (Å²) in [6, 6.07) is 0. The lowest BCUT2D eigenvalue weighted by molar-refractivity contribution is -0.121. The average molecular weight is 280 g/mol. The van der Waals surface area contributed by atoms with Gasteiger partial charge in [-0.3, -0.25) is 9.48 Å². The van der Waals surface area contributed by atoms with Crippen LogP contribution in [0, 0.1) is 19.8 Å². The van der Waals surface area contributed by atoms with Gasteiger partial charge in [0, 0.05) is 29.9 Å². The summed E-state index contributed by atoms with van der Waals surface area (Å²) in [5.41, 5.74) is 8.31. The Labute approximate surface area is 121 Å². The van der Waals surface area contributed by atoms with Crippen LogP contribution in [0.25, 0.3) is 0 Å². The molecule has 1 rings (SSSR count). The van der Waals surface area contributed by atoms with Crippen LogP contribution < -0.4 is 11.1 Å². The molecule has 0 spiro atoms. The van der Waals surface area contributed by atoms with E-state index in [0.29, 0.717) is 18.9 Å². The molecule has 0 aliphatic carbocycles. The number of rotatable bonds is 6. The van der Waals surface area contributed by atoms with Crippen molar-refractivity contribution in [2.24, 2.45) is 11.7 Å². The highest BCUT2D eigenvalue weighted by Crippen LogP contribution is 2.15. The predicted molar refractivity (Wildman–Crippen MR) is 81.5 cm³/mol. The van der Waals surface area contributed by atoms with Crippen LogP contribution in [0.3, 0.4) is 0 Å². The number of carbonyl (C=O) groups is 1. The molecule has 1 aromatic heterocycles. The van der Waals surface area contributed by atoms with E-state index in [1.54, 1.807) is 0 Å². The lowest BCUT2D eigenvalue weighted by Gasteiger charge is -2.24. The summed E-state index contributed by atoms with van der Waals surface area (Å²) in [5.74, 6) is 0.529. The van der Waals surface area contributed by atoms with E-state index in [2.05, 4.69) is 24.3 Å². The highest BCUT2D eigenvalue weighted by Gasteiger charge is 2.21. The molecule has 0 bridgehead atoms. The maximum atomic E-state index is 12.1. The normalized spacial score (nSPS) is 12.0. The first-order chi connectivity index (χ1) is 9.16. The molecule has 1 heterocycles. The minimum atomic E-state index is -0.368. The third kappa shape index (κ3) is 4.34. The summed E-state index contributed by atoms with van der Waals surface area (Å²) in [7, 11) is 0. The van der Waals surface area contributed by atoms with E-state index in [9.17, 15) is 4.79 Å². The number of hydrogen-bond donors (Lipinski definition) is 2.